The zero-order valence-corrected chi connectivity index (χ0v) is 11.4. The number of rotatable bonds is 7. The SMILES string of the molecule is CCn1cnnc1CNCCS(=O)(=O)C(C)C. The number of aryl methyl sites for hydroxylation is 1. The summed E-state index contributed by atoms with van der Waals surface area (Å²) in [5.74, 6) is 0.986. The lowest BCUT2D eigenvalue weighted by atomic mass is 10.5. The smallest absolute Gasteiger partial charge is 0.153 e. The van der Waals surface area contributed by atoms with Gasteiger partial charge in [-0.2, -0.15) is 0 Å². The molecule has 0 saturated carbocycles. The van der Waals surface area contributed by atoms with E-state index in [0.29, 0.717) is 13.1 Å². The molecule has 0 aliphatic heterocycles. The van der Waals surface area contributed by atoms with Gasteiger partial charge in [-0.25, -0.2) is 8.42 Å². The summed E-state index contributed by atoms with van der Waals surface area (Å²) in [4.78, 5) is 0. The third-order valence-electron chi connectivity index (χ3n) is 2.60. The van der Waals surface area contributed by atoms with Gasteiger partial charge < -0.3 is 9.88 Å². The standard InChI is InChI=1S/C10H20N4O2S/c1-4-14-8-12-13-10(14)7-11-5-6-17(15,16)9(2)3/h8-9,11H,4-7H2,1-3H3. The minimum Gasteiger partial charge on any atom is -0.317 e. The highest BCUT2D eigenvalue weighted by atomic mass is 32.2. The van der Waals surface area contributed by atoms with Crippen LogP contribution in [0.15, 0.2) is 6.33 Å². The van der Waals surface area contributed by atoms with Crippen molar-refractivity contribution in [1.82, 2.24) is 20.1 Å². The van der Waals surface area contributed by atoms with Gasteiger partial charge in [0.2, 0.25) is 0 Å². The monoisotopic (exact) mass is 260 g/mol. The summed E-state index contributed by atoms with van der Waals surface area (Å²) in [5.41, 5.74) is 0. The molecule has 17 heavy (non-hydrogen) atoms. The van der Waals surface area contributed by atoms with Crippen molar-refractivity contribution in [3.05, 3.63) is 12.2 Å². The first kappa shape index (κ1) is 14.1. The van der Waals surface area contributed by atoms with Crippen LogP contribution in [0.2, 0.25) is 0 Å². The van der Waals surface area contributed by atoms with Gasteiger partial charge in [0.15, 0.2) is 9.84 Å². The largest absolute Gasteiger partial charge is 0.317 e. The highest BCUT2D eigenvalue weighted by Crippen LogP contribution is 1.99. The summed E-state index contributed by atoms with van der Waals surface area (Å²) in [6.07, 6.45) is 1.67. The second-order valence-electron chi connectivity index (χ2n) is 4.13. The normalized spacial score (nSPS) is 12.2. The van der Waals surface area contributed by atoms with Crippen LogP contribution in [-0.2, 0) is 22.9 Å². The molecule has 0 atom stereocenters. The maximum Gasteiger partial charge on any atom is 0.153 e. The van der Waals surface area contributed by atoms with E-state index in [-0.39, 0.29) is 11.0 Å². The Labute approximate surface area is 102 Å². The van der Waals surface area contributed by atoms with Gasteiger partial charge in [0.1, 0.15) is 12.2 Å². The molecule has 1 rings (SSSR count). The Morgan fingerprint density at radius 3 is 2.76 bits per heavy atom. The van der Waals surface area contributed by atoms with Crippen LogP contribution in [0.3, 0.4) is 0 Å². The van der Waals surface area contributed by atoms with E-state index in [1.807, 2.05) is 11.5 Å². The lowest BCUT2D eigenvalue weighted by Gasteiger charge is -2.08. The van der Waals surface area contributed by atoms with Crippen LogP contribution < -0.4 is 5.32 Å². The van der Waals surface area contributed by atoms with Gasteiger partial charge >= 0.3 is 0 Å². The van der Waals surface area contributed by atoms with Crippen LogP contribution in [0.5, 0.6) is 0 Å². The molecule has 7 heteroatoms. The summed E-state index contributed by atoms with van der Waals surface area (Å²) >= 11 is 0. The average Bonchev–Trinajstić information content (AvgIpc) is 2.71. The van der Waals surface area contributed by atoms with Gasteiger partial charge in [-0.15, -0.1) is 10.2 Å². The Hall–Kier alpha value is -0.950. The maximum atomic E-state index is 11.5. The van der Waals surface area contributed by atoms with Crippen molar-refractivity contribution in [1.29, 1.82) is 0 Å². The van der Waals surface area contributed by atoms with Crippen LogP contribution in [-0.4, -0.2) is 40.7 Å². The quantitative estimate of drug-likeness (QED) is 0.709. The van der Waals surface area contributed by atoms with Gasteiger partial charge in [-0.3, -0.25) is 0 Å². The number of hydrogen-bond acceptors (Lipinski definition) is 5. The van der Waals surface area contributed by atoms with Gasteiger partial charge in [0.25, 0.3) is 0 Å². The molecule has 0 unspecified atom stereocenters. The first-order valence-corrected chi connectivity index (χ1v) is 7.48. The van der Waals surface area contributed by atoms with Crippen molar-refractivity contribution in [2.45, 2.75) is 39.1 Å². The minimum atomic E-state index is -2.96. The van der Waals surface area contributed by atoms with Gasteiger partial charge in [0.05, 0.1) is 17.5 Å². The highest BCUT2D eigenvalue weighted by Gasteiger charge is 2.15. The fourth-order valence-corrected chi connectivity index (χ4v) is 2.23. The molecule has 1 aromatic heterocycles. The van der Waals surface area contributed by atoms with Crippen LogP contribution in [0.4, 0.5) is 0 Å². The summed E-state index contributed by atoms with van der Waals surface area (Å²) in [7, 11) is -2.96. The average molecular weight is 260 g/mol. The van der Waals surface area contributed by atoms with E-state index in [4.69, 9.17) is 0 Å². The van der Waals surface area contributed by atoms with E-state index in [2.05, 4.69) is 15.5 Å². The Morgan fingerprint density at radius 2 is 2.18 bits per heavy atom. The zero-order chi connectivity index (χ0) is 12.9. The Balaban J connectivity index is 2.35. The van der Waals surface area contributed by atoms with Crippen LogP contribution in [0, 0.1) is 0 Å². The number of aromatic nitrogens is 3. The van der Waals surface area contributed by atoms with Gasteiger partial charge in [-0.05, 0) is 20.8 Å². The molecule has 6 nitrogen and oxygen atoms in total. The molecule has 0 amide bonds. The molecule has 98 valence electrons. The molecule has 1 N–H and O–H groups in total. The molecule has 0 aliphatic carbocycles. The number of nitrogens with zero attached hydrogens (tertiary/aromatic N) is 3. The zero-order valence-electron chi connectivity index (χ0n) is 10.5. The van der Waals surface area contributed by atoms with Crippen molar-refractivity contribution >= 4 is 9.84 Å². The van der Waals surface area contributed by atoms with Crippen LogP contribution in [0.25, 0.3) is 0 Å². The number of sulfone groups is 1. The van der Waals surface area contributed by atoms with Crippen LogP contribution >= 0.6 is 0 Å². The minimum absolute atomic E-state index is 0.158. The third kappa shape index (κ3) is 4.08. The predicted molar refractivity (Wildman–Crippen MR) is 66.3 cm³/mol. The molecule has 0 aliphatic rings. The van der Waals surface area contributed by atoms with E-state index >= 15 is 0 Å². The molecular weight excluding hydrogens is 240 g/mol. The fraction of sp³-hybridized carbons (Fsp3) is 0.800. The maximum absolute atomic E-state index is 11.5. The summed E-state index contributed by atoms with van der Waals surface area (Å²) in [6.45, 7) is 7.20. The van der Waals surface area contributed by atoms with E-state index in [0.717, 1.165) is 12.4 Å². The second kappa shape index (κ2) is 6.11. The molecule has 1 aromatic rings. The molecule has 0 aromatic carbocycles. The fourth-order valence-electron chi connectivity index (χ4n) is 1.33. The lowest BCUT2D eigenvalue weighted by Crippen LogP contribution is -2.27. The highest BCUT2D eigenvalue weighted by molar-refractivity contribution is 7.92. The summed E-state index contributed by atoms with van der Waals surface area (Å²) < 4.78 is 25.0. The van der Waals surface area contributed by atoms with E-state index in [1.165, 1.54) is 0 Å². The summed E-state index contributed by atoms with van der Waals surface area (Å²) in [5, 5.41) is 10.5. The van der Waals surface area contributed by atoms with Crippen LogP contribution in [0.1, 0.15) is 26.6 Å². The number of hydrogen-bond donors (Lipinski definition) is 1. The van der Waals surface area contributed by atoms with Crippen molar-refractivity contribution in [3.8, 4) is 0 Å². The second-order valence-corrected chi connectivity index (χ2v) is 6.80. The Morgan fingerprint density at radius 1 is 1.47 bits per heavy atom. The molecule has 0 spiro atoms. The van der Waals surface area contributed by atoms with Crippen molar-refractivity contribution in [3.63, 3.8) is 0 Å². The molecule has 0 saturated heterocycles. The Bertz CT molecular complexity index is 439. The molecule has 0 radical (unpaired) electrons. The molecule has 0 bridgehead atoms. The lowest BCUT2D eigenvalue weighted by molar-refractivity contribution is 0.577. The van der Waals surface area contributed by atoms with Crippen molar-refractivity contribution in [2.75, 3.05) is 12.3 Å². The van der Waals surface area contributed by atoms with Crippen molar-refractivity contribution in [2.24, 2.45) is 0 Å². The first-order valence-electron chi connectivity index (χ1n) is 5.76. The van der Waals surface area contributed by atoms with Gasteiger partial charge in [0, 0.05) is 13.1 Å². The van der Waals surface area contributed by atoms with E-state index in [1.54, 1.807) is 20.2 Å². The van der Waals surface area contributed by atoms with Gasteiger partial charge in [-0.1, -0.05) is 0 Å². The summed E-state index contributed by atoms with van der Waals surface area (Å²) in [6, 6.07) is 0. The Kier molecular flexibility index (Phi) is 5.07. The predicted octanol–water partition coefficient (Wildman–Crippen LogP) is 0.211. The first-order chi connectivity index (χ1) is 7.97. The van der Waals surface area contributed by atoms with E-state index < -0.39 is 9.84 Å². The molecule has 0 fully saturated rings. The van der Waals surface area contributed by atoms with Crippen molar-refractivity contribution < 1.29 is 8.42 Å². The molecule has 1 heterocycles. The number of nitrogens with one attached hydrogen (secondary N) is 1. The molecular formula is C10H20N4O2S. The third-order valence-corrected chi connectivity index (χ3v) is 4.81. The van der Waals surface area contributed by atoms with E-state index in [9.17, 15) is 8.42 Å². The topological polar surface area (TPSA) is 76.9 Å².